The number of amides is 1. The van der Waals surface area contributed by atoms with Crippen molar-refractivity contribution in [1.29, 1.82) is 0 Å². The molecule has 1 amide bonds. The van der Waals surface area contributed by atoms with Crippen LogP contribution in [0.5, 0.6) is 0 Å². The lowest BCUT2D eigenvalue weighted by Crippen LogP contribution is -2.68. The molecule has 2 heterocycles. The van der Waals surface area contributed by atoms with Gasteiger partial charge >= 0.3 is 5.97 Å². The zero-order valence-corrected chi connectivity index (χ0v) is 27.8. The van der Waals surface area contributed by atoms with Crippen molar-refractivity contribution in [1.82, 2.24) is 10.4 Å². The number of fused-ring (bicyclic) bond motifs is 6. The van der Waals surface area contributed by atoms with E-state index in [1.165, 1.54) is 0 Å². The monoisotopic (exact) mass is 671 g/mol. The molecule has 8 atom stereocenters. The van der Waals surface area contributed by atoms with Crippen LogP contribution in [-0.4, -0.2) is 62.3 Å². The maximum absolute atomic E-state index is 13.9. The van der Waals surface area contributed by atoms with Crippen LogP contribution in [-0.2, 0) is 9.53 Å². The predicted octanol–water partition coefficient (Wildman–Crippen LogP) is 5.92. The van der Waals surface area contributed by atoms with Gasteiger partial charge in [-0.25, -0.2) is 10.2 Å². The molecule has 10 heteroatoms. The van der Waals surface area contributed by atoms with Gasteiger partial charge in [-0.15, -0.1) is 0 Å². The number of aliphatic hydroxyl groups is 3. The van der Waals surface area contributed by atoms with E-state index in [1.54, 1.807) is 18.4 Å². The highest BCUT2D eigenvalue weighted by Gasteiger charge is 2.71. The van der Waals surface area contributed by atoms with Gasteiger partial charge in [0.2, 0.25) is 0 Å². The van der Waals surface area contributed by atoms with Gasteiger partial charge in [0, 0.05) is 51.0 Å². The molecule has 4 saturated carbocycles. The number of esters is 1. The van der Waals surface area contributed by atoms with Crippen molar-refractivity contribution in [3.8, 4) is 11.1 Å². The smallest absolute Gasteiger partial charge is 0.331 e. The van der Waals surface area contributed by atoms with E-state index in [9.17, 15) is 24.9 Å². The fourth-order valence-electron chi connectivity index (χ4n) is 10.9. The summed E-state index contributed by atoms with van der Waals surface area (Å²) in [5.74, 6) is -0.897. The Kier molecular flexibility index (Phi) is 7.45. The van der Waals surface area contributed by atoms with Gasteiger partial charge in [-0.2, -0.15) is 5.10 Å². The number of hydrogen-bond donors (Lipinski definition) is 5. The SMILES string of the molecule is C[C@]12CC[C@H]3[C@@H](CC[C@]4(O)C[C@H](O)CC[C@]34/C=N\NC(=O)c3[nH]c4ccc(Cl)cc4c3-c3ccccc3)[C@@]1(O)CC[C@H]2C1=CC(=O)OC1. The molecule has 5 aliphatic rings. The van der Waals surface area contributed by atoms with Gasteiger partial charge < -0.3 is 25.0 Å². The number of hydrazone groups is 1. The first kappa shape index (κ1) is 31.7. The van der Waals surface area contributed by atoms with Crippen molar-refractivity contribution in [2.24, 2.45) is 33.7 Å². The number of nitrogens with zero attached hydrogens (tertiary/aromatic N) is 1. The predicted molar refractivity (Wildman–Crippen MR) is 182 cm³/mol. The number of cyclic esters (lactones) is 1. The Morgan fingerprint density at radius 3 is 2.60 bits per heavy atom. The summed E-state index contributed by atoms with van der Waals surface area (Å²) in [5.41, 5.74) is 2.95. The third-order valence-corrected chi connectivity index (χ3v) is 13.4. The summed E-state index contributed by atoms with van der Waals surface area (Å²) >= 11 is 6.36. The Bertz CT molecular complexity index is 1860. The largest absolute Gasteiger partial charge is 0.458 e. The number of hydrogen-bond acceptors (Lipinski definition) is 7. The van der Waals surface area contributed by atoms with E-state index < -0.39 is 34.0 Å². The van der Waals surface area contributed by atoms with Crippen LogP contribution in [0.15, 0.2) is 65.3 Å². The number of carbonyl (C=O) groups is 2. The average Bonchev–Trinajstić information content (AvgIpc) is 3.74. The Labute approximate surface area is 284 Å². The van der Waals surface area contributed by atoms with Gasteiger partial charge in [0.25, 0.3) is 5.91 Å². The molecule has 5 N–H and O–H groups in total. The fourth-order valence-corrected chi connectivity index (χ4v) is 11.0. The van der Waals surface area contributed by atoms with Crippen molar-refractivity contribution in [3.05, 3.63) is 70.9 Å². The molecule has 0 bridgehead atoms. The molecule has 4 aliphatic carbocycles. The molecule has 0 unspecified atom stereocenters. The first-order chi connectivity index (χ1) is 23.0. The molecule has 252 valence electrons. The summed E-state index contributed by atoms with van der Waals surface area (Å²) < 4.78 is 5.27. The second kappa shape index (κ2) is 11.3. The number of halogens is 1. The van der Waals surface area contributed by atoms with Gasteiger partial charge in [0.05, 0.1) is 17.3 Å². The van der Waals surface area contributed by atoms with Crippen LogP contribution in [0.2, 0.25) is 5.02 Å². The van der Waals surface area contributed by atoms with Gasteiger partial charge in [0.15, 0.2) is 0 Å². The van der Waals surface area contributed by atoms with E-state index in [2.05, 4.69) is 22.4 Å². The van der Waals surface area contributed by atoms with Crippen LogP contribution in [0.3, 0.4) is 0 Å². The number of H-pyrrole nitrogens is 1. The maximum atomic E-state index is 13.9. The van der Waals surface area contributed by atoms with Crippen LogP contribution in [0.25, 0.3) is 22.0 Å². The highest BCUT2D eigenvalue weighted by atomic mass is 35.5. The van der Waals surface area contributed by atoms with Gasteiger partial charge in [-0.1, -0.05) is 48.9 Å². The topological polar surface area (TPSA) is 144 Å². The molecule has 2 aromatic carbocycles. The average molecular weight is 672 g/mol. The minimum atomic E-state index is -1.23. The van der Waals surface area contributed by atoms with E-state index >= 15 is 0 Å². The zero-order chi connectivity index (χ0) is 33.5. The molecule has 0 radical (unpaired) electrons. The zero-order valence-electron chi connectivity index (χ0n) is 27.0. The first-order valence-corrected chi connectivity index (χ1v) is 17.6. The van der Waals surface area contributed by atoms with Crippen molar-refractivity contribution in [2.75, 3.05) is 6.61 Å². The number of carbonyl (C=O) groups excluding carboxylic acids is 2. The van der Waals surface area contributed by atoms with E-state index in [-0.39, 0.29) is 36.8 Å². The maximum Gasteiger partial charge on any atom is 0.331 e. The quantitative estimate of drug-likeness (QED) is 0.130. The van der Waals surface area contributed by atoms with Crippen molar-refractivity contribution in [2.45, 2.75) is 82.0 Å². The molecule has 9 nitrogen and oxygen atoms in total. The Morgan fingerprint density at radius 1 is 1.04 bits per heavy atom. The standard InChI is InChI=1S/C38H42ClN3O6/c1-35-13-10-28-29(38(35,47)16-12-27(35)23-17-31(44)48-20-23)11-15-37(46)19-25(43)9-14-36(28,37)21-40-42-34(45)33-32(22-5-3-2-4-6-22)26-18-24(39)7-8-30(26)41-33/h2-8,17-18,21,25,27-29,41,43,46-47H,9-16,19-20H2,1H3,(H,42,45)/b40-21-/t25-,27+,28+,29-,35-,36+,37+,38+/m1/s1. The van der Waals surface area contributed by atoms with Crippen LogP contribution >= 0.6 is 11.6 Å². The van der Waals surface area contributed by atoms with Crippen LogP contribution in [0.1, 0.15) is 75.2 Å². The normalized spacial score (nSPS) is 37.5. The third kappa shape index (κ3) is 4.57. The van der Waals surface area contributed by atoms with Crippen LogP contribution < -0.4 is 5.43 Å². The summed E-state index contributed by atoms with van der Waals surface area (Å²) in [6.45, 7) is 2.45. The van der Waals surface area contributed by atoms with E-state index in [4.69, 9.17) is 16.3 Å². The number of aromatic nitrogens is 1. The number of ether oxygens (including phenoxy) is 1. The summed E-state index contributed by atoms with van der Waals surface area (Å²) in [7, 11) is 0. The molecular formula is C38H42ClN3O6. The summed E-state index contributed by atoms with van der Waals surface area (Å²) in [4.78, 5) is 29.1. The lowest BCUT2D eigenvalue weighted by Gasteiger charge is -2.65. The number of rotatable bonds is 5. The van der Waals surface area contributed by atoms with Gasteiger partial charge in [-0.3, -0.25) is 4.79 Å². The minimum absolute atomic E-state index is 0.0535. The Balaban J connectivity index is 1.13. The van der Waals surface area contributed by atoms with Crippen molar-refractivity contribution in [3.63, 3.8) is 0 Å². The summed E-state index contributed by atoms with van der Waals surface area (Å²) in [5, 5.41) is 41.8. The molecule has 8 rings (SSSR count). The molecule has 1 aliphatic heterocycles. The highest BCUT2D eigenvalue weighted by molar-refractivity contribution is 6.31. The molecule has 1 aromatic heterocycles. The molecule has 0 spiro atoms. The van der Waals surface area contributed by atoms with Gasteiger partial charge in [-0.05, 0) is 98.5 Å². The fraction of sp³-hybridized carbons (Fsp3) is 0.500. The number of nitrogens with one attached hydrogen (secondary N) is 2. The minimum Gasteiger partial charge on any atom is -0.458 e. The molecule has 48 heavy (non-hydrogen) atoms. The number of aromatic amines is 1. The van der Waals surface area contributed by atoms with E-state index in [0.29, 0.717) is 42.8 Å². The Morgan fingerprint density at radius 2 is 1.83 bits per heavy atom. The van der Waals surface area contributed by atoms with E-state index in [1.807, 2.05) is 42.5 Å². The first-order valence-electron chi connectivity index (χ1n) is 17.2. The van der Waals surface area contributed by atoms with E-state index in [0.717, 1.165) is 46.9 Å². The lowest BCUT2D eigenvalue weighted by molar-refractivity contribution is -0.237. The molecule has 0 saturated heterocycles. The third-order valence-electron chi connectivity index (χ3n) is 13.2. The number of benzene rings is 2. The molecule has 3 aromatic rings. The Hall–Kier alpha value is -3.50. The molecule has 4 fully saturated rings. The lowest BCUT2D eigenvalue weighted by atomic mass is 9.41. The highest BCUT2D eigenvalue weighted by Crippen LogP contribution is 2.70. The van der Waals surface area contributed by atoms with Crippen LogP contribution in [0, 0.1) is 28.6 Å². The summed E-state index contributed by atoms with van der Waals surface area (Å²) in [6.07, 6.45) is 7.83. The summed E-state index contributed by atoms with van der Waals surface area (Å²) in [6, 6.07) is 15.1. The second-order valence-electron chi connectivity index (χ2n) is 15.1. The van der Waals surface area contributed by atoms with Crippen molar-refractivity contribution < 1.29 is 29.6 Å². The number of aliphatic hydroxyl groups excluding tert-OH is 1. The van der Waals surface area contributed by atoms with Crippen LogP contribution in [0.4, 0.5) is 0 Å². The molecular weight excluding hydrogens is 630 g/mol. The second-order valence-corrected chi connectivity index (χ2v) is 15.6. The van der Waals surface area contributed by atoms with Gasteiger partial charge in [0.1, 0.15) is 12.3 Å². The van der Waals surface area contributed by atoms with Crippen molar-refractivity contribution >= 4 is 40.6 Å².